The van der Waals surface area contributed by atoms with E-state index in [-0.39, 0.29) is 28.7 Å². The van der Waals surface area contributed by atoms with Crippen LogP contribution in [0.25, 0.3) is 17.0 Å². The molecule has 34 heavy (non-hydrogen) atoms. The van der Waals surface area contributed by atoms with Crippen LogP contribution in [-0.2, 0) is 4.74 Å². The van der Waals surface area contributed by atoms with Crippen molar-refractivity contribution in [2.75, 3.05) is 12.9 Å². The van der Waals surface area contributed by atoms with Crippen LogP contribution in [0, 0.1) is 23.3 Å². The Labute approximate surface area is 197 Å². The Bertz CT molecular complexity index is 1190. The molecule has 1 aliphatic rings. The van der Waals surface area contributed by atoms with Crippen molar-refractivity contribution in [3.05, 3.63) is 99.7 Å². The quantitative estimate of drug-likeness (QED) is 0.260. The summed E-state index contributed by atoms with van der Waals surface area (Å²) in [6.07, 6.45) is 2.43. The zero-order valence-electron chi connectivity index (χ0n) is 18.1. The highest BCUT2D eigenvalue weighted by Gasteiger charge is 2.25. The number of rotatable bonds is 5. The second-order valence-corrected chi connectivity index (χ2v) is 8.77. The molecule has 0 saturated carbocycles. The monoisotopic (exact) mass is 494 g/mol. The van der Waals surface area contributed by atoms with Gasteiger partial charge in [-0.05, 0) is 54.0 Å². The molecular weight excluding hydrogens is 474 g/mol. The van der Waals surface area contributed by atoms with Gasteiger partial charge in [0, 0.05) is 17.0 Å². The van der Waals surface area contributed by atoms with Crippen LogP contribution in [0.1, 0.15) is 41.6 Å². The van der Waals surface area contributed by atoms with Gasteiger partial charge >= 0.3 is 0 Å². The molecule has 8 heteroatoms. The average molecular weight is 495 g/mol. The molecule has 0 aliphatic carbocycles. The van der Waals surface area contributed by atoms with Gasteiger partial charge in [0.2, 0.25) is 0 Å². The highest BCUT2D eigenvalue weighted by molar-refractivity contribution is 8.02. The van der Waals surface area contributed by atoms with Gasteiger partial charge in [-0.1, -0.05) is 48.2 Å². The van der Waals surface area contributed by atoms with Gasteiger partial charge in [0.25, 0.3) is 0 Å². The summed E-state index contributed by atoms with van der Waals surface area (Å²) in [6.45, 7) is 0.360. The van der Waals surface area contributed by atoms with Gasteiger partial charge in [-0.15, -0.1) is 0 Å². The van der Waals surface area contributed by atoms with Crippen molar-refractivity contribution in [3.8, 4) is 11.1 Å². The Kier molecular flexibility index (Phi) is 7.38. The first kappa shape index (κ1) is 24.4. The first-order valence-corrected chi connectivity index (χ1v) is 11.8. The molecule has 0 amide bonds. The van der Waals surface area contributed by atoms with E-state index in [1.54, 1.807) is 18.2 Å². The molecule has 0 spiro atoms. The van der Waals surface area contributed by atoms with Crippen molar-refractivity contribution >= 4 is 17.6 Å². The zero-order valence-corrected chi connectivity index (χ0v) is 18.9. The molecule has 0 radical (unpaired) electrons. The maximum absolute atomic E-state index is 14.7. The summed E-state index contributed by atoms with van der Waals surface area (Å²) in [4.78, 5) is 0. The number of benzene rings is 3. The third-order valence-electron chi connectivity index (χ3n) is 5.92. The molecule has 1 saturated heterocycles. The minimum Gasteiger partial charge on any atom is -0.373 e. The van der Waals surface area contributed by atoms with Crippen LogP contribution < -0.4 is 0 Å². The molecule has 0 N–H and O–H groups in total. The highest BCUT2D eigenvalue weighted by atomic mass is 32.2. The maximum Gasteiger partial charge on any atom is 0.194 e. The molecule has 1 nitrogen and oxygen atoms in total. The summed E-state index contributed by atoms with van der Waals surface area (Å²) < 4.78 is 88.3. The van der Waals surface area contributed by atoms with Crippen molar-refractivity contribution in [2.24, 2.45) is 0 Å². The average Bonchev–Trinajstić information content (AvgIpc) is 2.86. The molecule has 1 aliphatic heterocycles. The van der Waals surface area contributed by atoms with Gasteiger partial charge in [0.1, 0.15) is 5.82 Å². The van der Waals surface area contributed by atoms with Crippen molar-refractivity contribution < 1.29 is 31.1 Å². The number of ether oxygens (including phenoxy) is 1. The fourth-order valence-corrected chi connectivity index (χ4v) is 4.36. The number of hydrogen-bond acceptors (Lipinski definition) is 2. The second-order valence-electron chi connectivity index (χ2n) is 8.00. The second kappa shape index (κ2) is 10.3. The van der Waals surface area contributed by atoms with Crippen LogP contribution in [0.15, 0.2) is 59.8 Å². The van der Waals surface area contributed by atoms with Crippen LogP contribution in [0.5, 0.6) is 0 Å². The normalized spacial score (nSPS) is 19.1. The molecule has 1 fully saturated rings. The van der Waals surface area contributed by atoms with Crippen molar-refractivity contribution in [3.63, 3.8) is 0 Å². The van der Waals surface area contributed by atoms with E-state index in [2.05, 4.69) is 0 Å². The van der Waals surface area contributed by atoms with E-state index in [1.165, 1.54) is 30.5 Å². The molecule has 0 aromatic heterocycles. The lowest BCUT2D eigenvalue weighted by atomic mass is 9.88. The van der Waals surface area contributed by atoms with Crippen molar-refractivity contribution in [1.82, 2.24) is 0 Å². The van der Waals surface area contributed by atoms with Crippen LogP contribution in [0.4, 0.5) is 26.3 Å². The lowest BCUT2D eigenvalue weighted by Gasteiger charge is -2.30. The van der Waals surface area contributed by atoms with Gasteiger partial charge in [0.15, 0.2) is 28.4 Å². The van der Waals surface area contributed by atoms with Gasteiger partial charge in [-0.3, -0.25) is 0 Å². The number of hydrogen-bond donors (Lipinski definition) is 0. The molecule has 4 rings (SSSR count). The zero-order chi connectivity index (χ0) is 24.4. The fourth-order valence-electron chi connectivity index (χ4n) is 4.06. The van der Waals surface area contributed by atoms with Crippen LogP contribution in [0.3, 0.4) is 0 Å². The Balaban J connectivity index is 1.44. The molecule has 3 aromatic carbocycles. The Hall–Kier alpha value is -2.71. The number of thioether (sulfide) groups is 1. The largest absolute Gasteiger partial charge is 0.373 e. The van der Waals surface area contributed by atoms with Gasteiger partial charge in [-0.2, -0.15) is 4.39 Å². The maximum atomic E-state index is 14.7. The molecule has 2 atom stereocenters. The lowest BCUT2D eigenvalue weighted by Crippen LogP contribution is -2.19. The third kappa shape index (κ3) is 5.03. The van der Waals surface area contributed by atoms with E-state index < -0.39 is 34.3 Å². The Morgan fingerprint density at radius 1 is 0.824 bits per heavy atom. The van der Waals surface area contributed by atoms with E-state index >= 15 is 0 Å². The predicted molar refractivity (Wildman–Crippen MR) is 121 cm³/mol. The highest BCUT2D eigenvalue weighted by Crippen LogP contribution is 2.37. The van der Waals surface area contributed by atoms with Crippen molar-refractivity contribution in [2.45, 2.75) is 24.9 Å². The van der Waals surface area contributed by atoms with Gasteiger partial charge in [0.05, 0.1) is 12.7 Å². The molecule has 2 unspecified atom stereocenters. The van der Waals surface area contributed by atoms with Crippen LogP contribution >= 0.6 is 11.8 Å². The number of halogens is 6. The molecule has 1 heterocycles. The van der Waals surface area contributed by atoms with E-state index in [9.17, 15) is 26.3 Å². The minimum absolute atomic E-state index is 0.0467. The smallest absolute Gasteiger partial charge is 0.194 e. The fraction of sp³-hybridized carbons (Fsp3) is 0.231. The van der Waals surface area contributed by atoms with Gasteiger partial charge in [-0.25, -0.2) is 22.0 Å². The minimum atomic E-state index is -1.60. The van der Waals surface area contributed by atoms with Gasteiger partial charge < -0.3 is 4.74 Å². The summed E-state index contributed by atoms with van der Waals surface area (Å²) in [6, 6.07) is 12.3. The van der Waals surface area contributed by atoms with E-state index in [0.717, 1.165) is 24.1 Å². The molecule has 0 bridgehead atoms. The SMILES string of the molecule is CSC(F)=C(F)c1ccc(C2CCC(c3ccc(-c4cc(F)c(F)c(F)c4)c(F)c3)OC2)cc1. The Morgan fingerprint density at radius 2 is 1.47 bits per heavy atom. The van der Waals surface area contributed by atoms with Crippen LogP contribution in [0.2, 0.25) is 0 Å². The Morgan fingerprint density at radius 3 is 2.03 bits per heavy atom. The first-order valence-electron chi connectivity index (χ1n) is 10.5. The summed E-state index contributed by atoms with van der Waals surface area (Å²) in [5.74, 6) is -5.92. The van der Waals surface area contributed by atoms with E-state index in [0.29, 0.717) is 30.4 Å². The summed E-state index contributed by atoms with van der Waals surface area (Å²) in [5, 5.41) is -0.871. The molecule has 3 aromatic rings. The third-order valence-corrected chi connectivity index (χ3v) is 6.46. The topological polar surface area (TPSA) is 9.23 Å². The molecular formula is C26H20F6OS. The summed E-state index contributed by atoms with van der Waals surface area (Å²) in [7, 11) is 0. The summed E-state index contributed by atoms with van der Waals surface area (Å²) in [5.41, 5.74) is 1.53. The van der Waals surface area contributed by atoms with E-state index in [1.807, 2.05) is 0 Å². The van der Waals surface area contributed by atoms with E-state index in [4.69, 9.17) is 4.74 Å². The lowest BCUT2D eigenvalue weighted by molar-refractivity contribution is 0.00223. The van der Waals surface area contributed by atoms with Crippen LogP contribution in [-0.4, -0.2) is 12.9 Å². The molecule has 178 valence electrons. The predicted octanol–water partition coefficient (Wildman–Crippen LogP) is 8.47. The first-order chi connectivity index (χ1) is 16.3. The van der Waals surface area contributed by atoms with Crippen molar-refractivity contribution in [1.29, 1.82) is 0 Å². The standard InChI is InChI=1S/C26H20F6OS/c1-34-26(32)24(30)15-4-2-14(3-5-15)17-7-9-23(33-13-17)16-6-8-19(20(27)10-16)18-11-21(28)25(31)22(29)12-18/h2-6,8,10-12,17,23H,7,9,13H2,1H3. The summed E-state index contributed by atoms with van der Waals surface area (Å²) >= 11 is 0.703.